The molecule has 2 rings (SSSR count). The maximum atomic E-state index is 11.4. The maximum Gasteiger partial charge on any atom is 0.449 e. The molecule has 0 atom stereocenters. The predicted molar refractivity (Wildman–Crippen MR) is 80.4 cm³/mol. The number of hydrazine groups is 1. The molecule has 0 unspecified atom stereocenters. The van der Waals surface area contributed by atoms with Crippen molar-refractivity contribution in [2.75, 3.05) is 6.54 Å². The summed E-state index contributed by atoms with van der Waals surface area (Å²) in [4.78, 5) is 44.8. The number of halogens is 3. The molecular formula is C15H20F3N3O4. The van der Waals surface area contributed by atoms with Gasteiger partial charge in [0.05, 0.1) is 0 Å². The first-order valence-corrected chi connectivity index (χ1v) is 7.68. The highest BCUT2D eigenvalue weighted by Crippen LogP contribution is 2.29. The second-order valence-electron chi connectivity index (χ2n) is 5.90. The van der Waals surface area contributed by atoms with Crippen LogP contribution in [0.2, 0.25) is 0 Å². The van der Waals surface area contributed by atoms with Gasteiger partial charge in [0.25, 0.3) is 11.8 Å². The first-order valence-electron chi connectivity index (χ1n) is 7.68. The van der Waals surface area contributed by atoms with Gasteiger partial charge in [-0.25, -0.2) is 5.84 Å². The van der Waals surface area contributed by atoms with Crippen LogP contribution in [0.4, 0.5) is 13.2 Å². The Balaban J connectivity index is 0.000000381. The van der Waals surface area contributed by atoms with Crippen LogP contribution in [-0.4, -0.2) is 41.1 Å². The van der Waals surface area contributed by atoms with E-state index < -0.39 is 12.0 Å². The lowest BCUT2D eigenvalue weighted by Gasteiger charge is -2.29. The van der Waals surface area contributed by atoms with Crippen LogP contribution in [0.5, 0.6) is 0 Å². The molecule has 0 aromatic heterocycles. The van der Waals surface area contributed by atoms with Gasteiger partial charge in [-0.2, -0.15) is 13.2 Å². The number of amides is 3. The number of carbonyl (C=O) groups is 4. The Bertz CT molecular complexity index is 549. The van der Waals surface area contributed by atoms with E-state index in [0.717, 1.165) is 25.7 Å². The number of Topliss-reactive ketones (excluding diaryl/α,β-unsaturated/α-hetero) is 1. The molecule has 0 bridgehead atoms. The molecule has 2 aliphatic rings. The monoisotopic (exact) mass is 363 g/mol. The van der Waals surface area contributed by atoms with Gasteiger partial charge >= 0.3 is 6.18 Å². The van der Waals surface area contributed by atoms with Gasteiger partial charge in [-0.15, -0.1) is 0 Å². The molecule has 0 aromatic rings. The number of nitrogens with zero attached hydrogens (tertiary/aromatic N) is 1. The molecule has 10 heteroatoms. The highest BCUT2D eigenvalue weighted by Gasteiger charge is 2.33. The molecule has 25 heavy (non-hydrogen) atoms. The zero-order valence-electron chi connectivity index (χ0n) is 13.6. The molecule has 1 aliphatic heterocycles. The Morgan fingerprint density at radius 3 is 1.96 bits per heavy atom. The van der Waals surface area contributed by atoms with Crippen LogP contribution in [0, 0.1) is 11.8 Å². The first-order chi connectivity index (χ1) is 11.6. The fourth-order valence-corrected chi connectivity index (χ4v) is 2.59. The van der Waals surface area contributed by atoms with Crippen molar-refractivity contribution in [3.05, 3.63) is 12.2 Å². The van der Waals surface area contributed by atoms with E-state index >= 15 is 0 Å². The Morgan fingerprint density at radius 2 is 1.60 bits per heavy atom. The van der Waals surface area contributed by atoms with Gasteiger partial charge in [0, 0.05) is 31.5 Å². The molecule has 0 saturated heterocycles. The van der Waals surface area contributed by atoms with Gasteiger partial charge in [0.15, 0.2) is 0 Å². The number of imide groups is 1. The Hall–Kier alpha value is -2.23. The van der Waals surface area contributed by atoms with Crippen molar-refractivity contribution in [3.63, 3.8) is 0 Å². The van der Waals surface area contributed by atoms with E-state index in [1.807, 2.05) is 0 Å². The summed E-state index contributed by atoms with van der Waals surface area (Å²) < 4.78 is 32.5. The number of alkyl halides is 3. The van der Waals surface area contributed by atoms with Crippen molar-refractivity contribution in [2.24, 2.45) is 17.7 Å². The zero-order valence-corrected chi connectivity index (χ0v) is 13.6. The van der Waals surface area contributed by atoms with Crippen molar-refractivity contribution in [3.8, 4) is 0 Å². The summed E-state index contributed by atoms with van der Waals surface area (Å²) in [6, 6.07) is 0. The lowest BCUT2D eigenvalue weighted by molar-refractivity contribution is -0.168. The third-order valence-electron chi connectivity index (χ3n) is 4.10. The van der Waals surface area contributed by atoms with E-state index in [9.17, 15) is 32.3 Å². The topological polar surface area (TPSA) is 110 Å². The number of hydrogen-bond acceptors (Lipinski definition) is 5. The van der Waals surface area contributed by atoms with Crippen LogP contribution < -0.4 is 11.3 Å². The Morgan fingerprint density at radius 1 is 1.16 bits per heavy atom. The van der Waals surface area contributed by atoms with Crippen LogP contribution in [-0.2, 0) is 19.2 Å². The first kappa shape index (κ1) is 20.8. The summed E-state index contributed by atoms with van der Waals surface area (Å²) >= 11 is 0. The highest BCUT2D eigenvalue weighted by atomic mass is 19.4. The molecule has 1 saturated carbocycles. The quantitative estimate of drug-likeness (QED) is 0.334. The minimum absolute atomic E-state index is 0.0330. The molecule has 140 valence electrons. The Kier molecular flexibility index (Phi) is 7.28. The van der Waals surface area contributed by atoms with Crippen molar-refractivity contribution in [1.29, 1.82) is 0 Å². The lowest BCUT2D eigenvalue weighted by atomic mass is 9.81. The lowest BCUT2D eigenvalue weighted by Crippen LogP contribution is -2.40. The molecule has 0 aromatic carbocycles. The fourth-order valence-electron chi connectivity index (χ4n) is 2.59. The van der Waals surface area contributed by atoms with E-state index in [0.29, 0.717) is 19.4 Å². The van der Waals surface area contributed by atoms with Crippen molar-refractivity contribution in [1.82, 2.24) is 10.3 Å². The SMILES string of the molecule is CC(=O)C(F)(F)F.NNC(=O)C1CCC(CN2C(=O)C=CC2=O)CC1. The van der Waals surface area contributed by atoms with Gasteiger partial charge in [0.1, 0.15) is 0 Å². The van der Waals surface area contributed by atoms with E-state index in [1.54, 1.807) is 0 Å². The van der Waals surface area contributed by atoms with Crippen LogP contribution in [0.25, 0.3) is 0 Å². The second kappa shape index (κ2) is 8.75. The molecular weight excluding hydrogens is 343 g/mol. The summed E-state index contributed by atoms with van der Waals surface area (Å²) in [5.74, 6) is 3.01. The summed E-state index contributed by atoms with van der Waals surface area (Å²) in [5, 5.41) is 0. The summed E-state index contributed by atoms with van der Waals surface area (Å²) in [6.45, 7) is 0.946. The van der Waals surface area contributed by atoms with Gasteiger partial charge in [-0.05, 0) is 31.6 Å². The average Bonchev–Trinajstić information content (AvgIpc) is 2.86. The molecule has 1 aliphatic carbocycles. The van der Waals surface area contributed by atoms with Crippen LogP contribution >= 0.6 is 0 Å². The van der Waals surface area contributed by atoms with Gasteiger partial charge < -0.3 is 0 Å². The smallest absolute Gasteiger partial charge is 0.294 e. The number of hydrogen-bond donors (Lipinski definition) is 2. The largest absolute Gasteiger partial charge is 0.449 e. The average molecular weight is 363 g/mol. The number of nitrogens with one attached hydrogen (secondary N) is 1. The molecule has 3 N–H and O–H groups in total. The van der Waals surface area contributed by atoms with E-state index in [4.69, 9.17) is 5.84 Å². The third-order valence-corrected chi connectivity index (χ3v) is 4.10. The van der Waals surface area contributed by atoms with E-state index in [2.05, 4.69) is 5.43 Å². The molecule has 0 spiro atoms. The molecule has 0 radical (unpaired) electrons. The van der Waals surface area contributed by atoms with Gasteiger partial charge in [0.2, 0.25) is 11.7 Å². The molecule has 1 fully saturated rings. The standard InChI is InChI=1S/C12H17N3O3.C3H3F3O/c13-14-12(18)9-3-1-8(2-4-9)7-15-10(16)5-6-11(15)17;1-2(7)3(4,5)6/h5-6,8-9H,1-4,7,13H2,(H,14,18);1H3. The van der Waals surface area contributed by atoms with Crippen LogP contribution in [0.15, 0.2) is 12.2 Å². The number of rotatable bonds is 3. The number of carbonyl (C=O) groups excluding carboxylic acids is 4. The van der Waals surface area contributed by atoms with Crippen molar-refractivity contribution < 1.29 is 32.3 Å². The number of nitrogens with two attached hydrogens (primary N) is 1. The predicted octanol–water partition coefficient (Wildman–Crippen LogP) is 0.845. The van der Waals surface area contributed by atoms with E-state index in [1.165, 1.54) is 17.1 Å². The minimum Gasteiger partial charge on any atom is -0.294 e. The highest BCUT2D eigenvalue weighted by molar-refractivity contribution is 6.12. The van der Waals surface area contributed by atoms with Gasteiger partial charge in [-0.1, -0.05) is 0 Å². The van der Waals surface area contributed by atoms with Crippen LogP contribution in [0.3, 0.4) is 0 Å². The summed E-state index contributed by atoms with van der Waals surface area (Å²) in [7, 11) is 0. The summed E-state index contributed by atoms with van der Waals surface area (Å²) in [6.07, 6.45) is 1.17. The maximum absolute atomic E-state index is 11.4. The second-order valence-corrected chi connectivity index (χ2v) is 5.90. The van der Waals surface area contributed by atoms with Crippen molar-refractivity contribution in [2.45, 2.75) is 38.8 Å². The fraction of sp³-hybridized carbons (Fsp3) is 0.600. The Labute approximate surface area is 142 Å². The molecule has 3 amide bonds. The molecule has 7 nitrogen and oxygen atoms in total. The van der Waals surface area contributed by atoms with Crippen molar-refractivity contribution >= 4 is 23.5 Å². The summed E-state index contributed by atoms with van der Waals surface area (Å²) in [5.41, 5.74) is 2.17. The minimum atomic E-state index is -4.64. The van der Waals surface area contributed by atoms with Gasteiger partial charge in [-0.3, -0.25) is 29.5 Å². The van der Waals surface area contributed by atoms with E-state index in [-0.39, 0.29) is 23.6 Å². The third kappa shape index (κ3) is 6.29. The van der Waals surface area contributed by atoms with Crippen LogP contribution in [0.1, 0.15) is 32.6 Å². The number of ketones is 1. The normalized spacial score (nSPS) is 23.2. The zero-order chi connectivity index (χ0) is 19.2. The molecule has 1 heterocycles.